The number of carbonyl (C=O) groups excluding carboxylic acids is 2. The first-order valence-electron chi connectivity index (χ1n) is 6.55. The van der Waals surface area contributed by atoms with Gasteiger partial charge in [0.1, 0.15) is 12.6 Å². The monoisotopic (exact) mass is 292 g/mol. The van der Waals surface area contributed by atoms with Gasteiger partial charge in [0.15, 0.2) is 0 Å². The minimum absolute atomic E-state index is 0.0232. The molecule has 1 aliphatic rings. The smallest absolute Gasteiger partial charge is 0.410 e. The molecule has 1 aromatic carbocycles. The molecule has 0 saturated carbocycles. The van der Waals surface area contributed by atoms with Crippen molar-refractivity contribution in [2.24, 2.45) is 0 Å². The fourth-order valence-corrected chi connectivity index (χ4v) is 2.03. The molecule has 112 valence electrons. The topological polar surface area (TPSA) is 95.9 Å². The van der Waals surface area contributed by atoms with Crippen LogP contribution in [0.2, 0.25) is 0 Å². The van der Waals surface area contributed by atoms with E-state index in [0.29, 0.717) is 0 Å². The van der Waals surface area contributed by atoms with E-state index in [2.05, 4.69) is 5.32 Å². The number of hydrogen-bond acceptors (Lipinski definition) is 4. The van der Waals surface area contributed by atoms with Gasteiger partial charge >= 0.3 is 12.1 Å². The van der Waals surface area contributed by atoms with Crippen molar-refractivity contribution in [3.63, 3.8) is 0 Å². The van der Waals surface area contributed by atoms with Crippen molar-refractivity contribution in [1.82, 2.24) is 10.2 Å². The molecule has 0 aliphatic carbocycles. The third-order valence-corrected chi connectivity index (χ3v) is 3.11. The second kappa shape index (κ2) is 6.74. The average molecular weight is 292 g/mol. The van der Waals surface area contributed by atoms with Gasteiger partial charge in [0.25, 0.3) is 0 Å². The van der Waals surface area contributed by atoms with E-state index in [4.69, 9.17) is 9.84 Å². The molecule has 1 heterocycles. The van der Waals surface area contributed by atoms with Crippen molar-refractivity contribution in [3.8, 4) is 0 Å². The van der Waals surface area contributed by atoms with Crippen molar-refractivity contribution in [2.45, 2.75) is 19.0 Å². The Hall–Kier alpha value is -2.57. The van der Waals surface area contributed by atoms with Gasteiger partial charge < -0.3 is 15.2 Å². The SMILES string of the molecule is O=C(O)CCNC(=O)[C@@H]1COC(=O)N1Cc1ccccc1. The molecule has 2 N–H and O–H groups in total. The minimum atomic E-state index is -0.991. The Balaban J connectivity index is 1.96. The van der Waals surface area contributed by atoms with Gasteiger partial charge in [-0.3, -0.25) is 14.5 Å². The number of carboxylic acid groups (broad SMARTS) is 1. The molecule has 7 heteroatoms. The largest absolute Gasteiger partial charge is 0.481 e. The maximum atomic E-state index is 12.0. The second-order valence-corrected chi connectivity index (χ2v) is 4.64. The predicted octanol–water partition coefficient (Wildman–Crippen LogP) is 0.598. The lowest BCUT2D eigenvalue weighted by Crippen LogP contribution is -2.45. The summed E-state index contributed by atoms with van der Waals surface area (Å²) in [5.41, 5.74) is 0.889. The number of rotatable bonds is 6. The number of hydrogen-bond donors (Lipinski definition) is 2. The lowest BCUT2D eigenvalue weighted by atomic mass is 10.2. The number of carboxylic acids is 1. The highest BCUT2D eigenvalue weighted by Crippen LogP contribution is 2.16. The molecule has 2 rings (SSSR count). The van der Waals surface area contributed by atoms with E-state index in [0.717, 1.165) is 5.56 Å². The number of nitrogens with one attached hydrogen (secondary N) is 1. The van der Waals surface area contributed by atoms with Crippen molar-refractivity contribution >= 4 is 18.0 Å². The van der Waals surface area contributed by atoms with Crippen LogP contribution >= 0.6 is 0 Å². The number of nitrogens with zero attached hydrogens (tertiary/aromatic N) is 1. The van der Waals surface area contributed by atoms with Gasteiger partial charge in [0.05, 0.1) is 13.0 Å². The van der Waals surface area contributed by atoms with E-state index in [9.17, 15) is 14.4 Å². The first-order valence-corrected chi connectivity index (χ1v) is 6.55. The Morgan fingerprint density at radius 3 is 2.71 bits per heavy atom. The fourth-order valence-electron chi connectivity index (χ4n) is 2.03. The Kier molecular flexibility index (Phi) is 4.76. The van der Waals surface area contributed by atoms with Gasteiger partial charge in [-0.15, -0.1) is 0 Å². The number of amides is 2. The molecule has 0 unspecified atom stereocenters. The van der Waals surface area contributed by atoms with Gasteiger partial charge in [-0.05, 0) is 5.56 Å². The van der Waals surface area contributed by atoms with Crippen LogP contribution in [0.5, 0.6) is 0 Å². The molecule has 0 radical (unpaired) electrons. The Morgan fingerprint density at radius 2 is 2.05 bits per heavy atom. The summed E-state index contributed by atoms with van der Waals surface area (Å²) in [5.74, 6) is -1.40. The molecule has 0 bridgehead atoms. The van der Waals surface area contributed by atoms with Crippen LogP contribution in [0.25, 0.3) is 0 Å². The summed E-state index contributed by atoms with van der Waals surface area (Å²) >= 11 is 0. The molecule has 1 saturated heterocycles. The Labute approximate surface area is 121 Å². The first-order chi connectivity index (χ1) is 10.1. The van der Waals surface area contributed by atoms with Crippen molar-refractivity contribution in [1.29, 1.82) is 0 Å². The normalized spacial score (nSPS) is 17.4. The lowest BCUT2D eigenvalue weighted by molar-refractivity contribution is -0.137. The first kappa shape index (κ1) is 14.8. The van der Waals surface area contributed by atoms with E-state index in [1.54, 1.807) is 0 Å². The molecule has 2 amide bonds. The van der Waals surface area contributed by atoms with Gasteiger partial charge in [0.2, 0.25) is 5.91 Å². The number of benzene rings is 1. The van der Waals surface area contributed by atoms with Gasteiger partial charge in [-0.1, -0.05) is 30.3 Å². The van der Waals surface area contributed by atoms with Gasteiger partial charge in [0, 0.05) is 6.54 Å². The molecule has 1 atom stereocenters. The standard InChI is InChI=1S/C14H16N2O5/c17-12(18)6-7-15-13(19)11-9-21-14(20)16(11)8-10-4-2-1-3-5-10/h1-5,11H,6-9H2,(H,15,19)(H,17,18)/t11-/m0/s1. The van der Waals surface area contributed by atoms with Crippen LogP contribution in [0.15, 0.2) is 30.3 Å². The van der Waals surface area contributed by atoms with Crippen LogP contribution in [0.4, 0.5) is 4.79 Å². The average Bonchev–Trinajstić information content (AvgIpc) is 2.81. The summed E-state index contributed by atoms with van der Waals surface area (Å²) in [7, 11) is 0. The van der Waals surface area contributed by atoms with E-state index < -0.39 is 24.0 Å². The summed E-state index contributed by atoms with van der Waals surface area (Å²) in [6.07, 6.45) is -0.705. The minimum Gasteiger partial charge on any atom is -0.481 e. The molecule has 1 fully saturated rings. The number of ether oxygens (including phenoxy) is 1. The Bertz CT molecular complexity index is 531. The summed E-state index contributed by atoms with van der Waals surface area (Å²) in [5, 5.41) is 11.0. The van der Waals surface area contributed by atoms with Crippen molar-refractivity contribution in [2.75, 3.05) is 13.2 Å². The lowest BCUT2D eigenvalue weighted by Gasteiger charge is -2.20. The van der Waals surface area contributed by atoms with Crippen LogP contribution in [0.1, 0.15) is 12.0 Å². The summed E-state index contributed by atoms with van der Waals surface area (Å²) in [4.78, 5) is 35.5. The molecule has 0 aromatic heterocycles. The zero-order valence-corrected chi connectivity index (χ0v) is 11.3. The van der Waals surface area contributed by atoms with E-state index >= 15 is 0 Å². The summed E-state index contributed by atoms with van der Waals surface area (Å²) in [6.45, 7) is 0.277. The van der Waals surface area contributed by atoms with E-state index in [-0.39, 0.29) is 26.1 Å². The van der Waals surface area contributed by atoms with Gasteiger partial charge in [-0.2, -0.15) is 0 Å². The number of carbonyl (C=O) groups is 3. The quantitative estimate of drug-likeness (QED) is 0.800. The molecule has 21 heavy (non-hydrogen) atoms. The zero-order valence-electron chi connectivity index (χ0n) is 11.3. The molecular weight excluding hydrogens is 276 g/mol. The third-order valence-electron chi connectivity index (χ3n) is 3.11. The van der Waals surface area contributed by atoms with Crippen LogP contribution in [-0.2, 0) is 20.9 Å². The highest BCUT2D eigenvalue weighted by atomic mass is 16.6. The highest BCUT2D eigenvalue weighted by molar-refractivity contribution is 5.88. The Morgan fingerprint density at radius 1 is 1.33 bits per heavy atom. The maximum Gasteiger partial charge on any atom is 0.410 e. The van der Waals surface area contributed by atoms with E-state index in [1.165, 1.54) is 4.90 Å². The molecular formula is C14H16N2O5. The second-order valence-electron chi connectivity index (χ2n) is 4.64. The highest BCUT2D eigenvalue weighted by Gasteiger charge is 2.37. The number of aliphatic carboxylic acids is 1. The third kappa shape index (κ3) is 3.95. The van der Waals surface area contributed by atoms with Crippen molar-refractivity contribution in [3.05, 3.63) is 35.9 Å². The molecule has 7 nitrogen and oxygen atoms in total. The molecule has 1 aromatic rings. The van der Waals surface area contributed by atoms with Gasteiger partial charge in [-0.25, -0.2) is 4.79 Å². The summed E-state index contributed by atoms with van der Waals surface area (Å²) < 4.78 is 4.91. The van der Waals surface area contributed by atoms with Crippen LogP contribution in [0, 0.1) is 0 Å². The van der Waals surface area contributed by atoms with Crippen molar-refractivity contribution < 1.29 is 24.2 Å². The number of cyclic esters (lactones) is 1. The van der Waals surface area contributed by atoms with Crippen LogP contribution in [-0.4, -0.2) is 47.2 Å². The maximum absolute atomic E-state index is 12.0. The predicted molar refractivity (Wildman–Crippen MR) is 72.4 cm³/mol. The molecule has 1 aliphatic heterocycles. The zero-order chi connectivity index (χ0) is 15.2. The van der Waals surface area contributed by atoms with E-state index in [1.807, 2.05) is 30.3 Å². The van der Waals surface area contributed by atoms with Crippen LogP contribution in [0.3, 0.4) is 0 Å². The fraction of sp³-hybridized carbons (Fsp3) is 0.357. The van der Waals surface area contributed by atoms with Crippen LogP contribution < -0.4 is 5.32 Å². The summed E-state index contributed by atoms with van der Waals surface area (Å²) in [6, 6.07) is 8.53. The molecule has 0 spiro atoms.